The van der Waals surface area contributed by atoms with E-state index in [-0.39, 0.29) is 28.1 Å². The number of nitrogens with one attached hydrogen (secondary N) is 2. The number of sulfonamides is 1. The summed E-state index contributed by atoms with van der Waals surface area (Å²) in [6.45, 7) is 3.80. The van der Waals surface area contributed by atoms with Crippen molar-refractivity contribution in [3.05, 3.63) is 59.1 Å². The van der Waals surface area contributed by atoms with Crippen molar-refractivity contribution in [2.45, 2.75) is 17.9 Å². The van der Waals surface area contributed by atoms with Crippen LogP contribution in [0.5, 0.6) is 0 Å². The Morgan fingerprint density at radius 2 is 1.96 bits per heavy atom. The Hall–Kier alpha value is -2.09. The predicted molar refractivity (Wildman–Crippen MR) is 102 cm³/mol. The molecule has 1 amide bonds. The molecule has 1 unspecified atom stereocenters. The molecule has 0 bridgehead atoms. The molecule has 0 saturated carbocycles. The van der Waals surface area contributed by atoms with Crippen molar-refractivity contribution in [2.75, 3.05) is 24.4 Å². The maximum absolute atomic E-state index is 12.9. The average Bonchev–Trinajstić information content (AvgIpc) is 2.63. The zero-order valence-corrected chi connectivity index (χ0v) is 15.8. The van der Waals surface area contributed by atoms with Crippen LogP contribution in [0.15, 0.2) is 53.4 Å². The van der Waals surface area contributed by atoms with Crippen molar-refractivity contribution in [2.24, 2.45) is 0 Å². The van der Waals surface area contributed by atoms with Gasteiger partial charge >= 0.3 is 0 Å². The van der Waals surface area contributed by atoms with E-state index in [0.717, 1.165) is 0 Å². The number of hydrogen-bond acceptors (Lipinski definition) is 4. The third-order valence-electron chi connectivity index (χ3n) is 4.17. The zero-order chi connectivity index (χ0) is 18.7. The van der Waals surface area contributed by atoms with E-state index in [1.54, 1.807) is 29.2 Å². The standard InChI is InChI=1S/C18H20ClN3O3S/c1-13-12-22(10-9-20-13)18(23)16-11-14(19)7-8-17(16)21-26(24,25)15-5-3-2-4-6-15/h2-8,11,13,20-21H,9-10,12H2,1H3. The first-order valence-corrected chi connectivity index (χ1v) is 10.1. The molecule has 0 aromatic heterocycles. The maximum Gasteiger partial charge on any atom is 0.261 e. The van der Waals surface area contributed by atoms with E-state index in [2.05, 4.69) is 10.0 Å². The van der Waals surface area contributed by atoms with Gasteiger partial charge in [-0.05, 0) is 37.3 Å². The van der Waals surface area contributed by atoms with Crippen molar-refractivity contribution in [3.8, 4) is 0 Å². The van der Waals surface area contributed by atoms with Crippen LogP contribution in [-0.2, 0) is 10.0 Å². The minimum absolute atomic E-state index is 0.129. The van der Waals surface area contributed by atoms with Gasteiger partial charge in [0.1, 0.15) is 0 Å². The maximum atomic E-state index is 12.9. The van der Waals surface area contributed by atoms with Crippen molar-refractivity contribution in [1.82, 2.24) is 10.2 Å². The summed E-state index contributed by atoms with van der Waals surface area (Å²) >= 11 is 6.06. The number of rotatable bonds is 4. The summed E-state index contributed by atoms with van der Waals surface area (Å²) in [4.78, 5) is 14.8. The van der Waals surface area contributed by atoms with Crippen LogP contribution < -0.4 is 10.0 Å². The molecule has 2 aromatic rings. The predicted octanol–water partition coefficient (Wildman–Crippen LogP) is 2.57. The van der Waals surface area contributed by atoms with E-state index in [9.17, 15) is 13.2 Å². The monoisotopic (exact) mass is 393 g/mol. The van der Waals surface area contributed by atoms with Gasteiger partial charge in [-0.2, -0.15) is 0 Å². The fraction of sp³-hybridized carbons (Fsp3) is 0.278. The zero-order valence-electron chi connectivity index (χ0n) is 14.3. The summed E-state index contributed by atoms with van der Waals surface area (Å²) in [5, 5.41) is 3.65. The number of hydrogen-bond donors (Lipinski definition) is 2. The largest absolute Gasteiger partial charge is 0.336 e. The summed E-state index contributed by atoms with van der Waals surface area (Å²) in [5.74, 6) is -0.244. The summed E-state index contributed by atoms with van der Waals surface area (Å²) < 4.78 is 27.7. The van der Waals surface area contributed by atoms with Gasteiger partial charge in [0.25, 0.3) is 15.9 Å². The first kappa shape index (κ1) is 18.7. The quantitative estimate of drug-likeness (QED) is 0.836. The number of halogens is 1. The van der Waals surface area contributed by atoms with Crippen LogP contribution in [0.3, 0.4) is 0 Å². The lowest BCUT2D eigenvalue weighted by molar-refractivity contribution is 0.0710. The lowest BCUT2D eigenvalue weighted by Crippen LogP contribution is -2.51. The Bertz CT molecular complexity index is 903. The highest BCUT2D eigenvalue weighted by atomic mass is 35.5. The summed E-state index contributed by atoms with van der Waals surface area (Å²) in [5.41, 5.74) is 0.459. The Morgan fingerprint density at radius 3 is 2.65 bits per heavy atom. The molecule has 3 rings (SSSR count). The van der Waals surface area contributed by atoms with Gasteiger partial charge in [0.05, 0.1) is 16.1 Å². The second-order valence-electron chi connectivity index (χ2n) is 6.21. The van der Waals surface area contributed by atoms with Gasteiger partial charge in [0, 0.05) is 30.7 Å². The van der Waals surface area contributed by atoms with Gasteiger partial charge in [-0.15, -0.1) is 0 Å². The van der Waals surface area contributed by atoms with Gasteiger partial charge in [-0.25, -0.2) is 8.42 Å². The van der Waals surface area contributed by atoms with Crippen LogP contribution in [0.2, 0.25) is 5.02 Å². The third-order valence-corrected chi connectivity index (χ3v) is 5.78. The van der Waals surface area contributed by atoms with Gasteiger partial charge < -0.3 is 10.2 Å². The number of anilines is 1. The number of nitrogens with zero attached hydrogens (tertiary/aromatic N) is 1. The third kappa shape index (κ3) is 4.17. The fourth-order valence-corrected chi connectivity index (χ4v) is 4.15. The second kappa shape index (κ2) is 7.65. The summed E-state index contributed by atoms with van der Waals surface area (Å²) in [7, 11) is -3.80. The molecule has 0 aliphatic carbocycles. The molecule has 0 spiro atoms. The number of carbonyl (C=O) groups excluding carboxylic acids is 1. The van der Waals surface area contributed by atoms with E-state index in [1.165, 1.54) is 24.3 Å². The van der Waals surface area contributed by atoms with Crippen molar-refractivity contribution >= 4 is 33.2 Å². The van der Waals surface area contributed by atoms with E-state index in [1.807, 2.05) is 6.92 Å². The molecule has 2 N–H and O–H groups in total. The Balaban J connectivity index is 1.92. The summed E-state index contributed by atoms with van der Waals surface area (Å²) in [6, 6.07) is 12.8. The Kier molecular flexibility index (Phi) is 5.50. The molecule has 8 heteroatoms. The molecule has 138 valence electrons. The van der Waals surface area contributed by atoms with Crippen molar-refractivity contribution < 1.29 is 13.2 Å². The highest BCUT2D eigenvalue weighted by molar-refractivity contribution is 7.92. The van der Waals surface area contributed by atoms with Crippen LogP contribution in [0.1, 0.15) is 17.3 Å². The smallest absolute Gasteiger partial charge is 0.261 e. The van der Waals surface area contributed by atoms with Gasteiger partial charge in [0.15, 0.2) is 0 Å². The first-order chi connectivity index (χ1) is 12.4. The number of piperazine rings is 1. The molecule has 1 atom stereocenters. The lowest BCUT2D eigenvalue weighted by Gasteiger charge is -2.32. The molecule has 1 heterocycles. The SMILES string of the molecule is CC1CN(C(=O)c2cc(Cl)ccc2NS(=O)(=O)c2ccccc2)CCN1. The number of carbonyl (C=O) groups is 1. The molecule has 6 nitrogen and oxygen atoms in total. The van der Waals surface area contributed by atoms with Crippen LogP contribution in [0, 0.1) is 0 Å². The molecule has 1 aliphatic heterocycles. The molecule has 0 radical (unpaired) electrons. The minimum Gasteiger partial charge on any atom is -0.336 e. The Morgan fingerprint density at radius 1 is 1.23 bits per heavy atom. The average molecular weight is 394 g/mol. The van der Waals surface area contributed by atoms with Gasteiger partial charge in [-0.3, -0.25) is 9.52 Å². The highest BCUT2D eigenvalue weighted by Gasteiger charge is 2.25. The van der Waals surface area contributed by atoms with Crippen LogP contribution >= 0.6 is 11.6 Å². The molecular weight excluding hydrogens is 374 g/mol. The van der Waals surface area contributed by atoms with E-state index < -0.39 is 10.0 Å². The van der Waals surface area contributed by atoms with Crippen LogP contribution in [-0.4, -0.2) is 44.9 Å². The number of benzene rings is 2. The molecule has 1 aliphatic rings. The van der Waals surface area contributed by atoms with Crippen molar-refractivity contribution in [3.63, 3.8) is 0 Å². The molecule has 26 heavy (non-hydrogen) atoms. The fourth-order valence-electron chi connectivity index (χ4n) is 2.87. The van der Waals surface area contributed by atoms with Gasteiger partial charge in [-0.1, -0.05) is 29.8 Å². The molecule has 2 aromatic carbocycles. The first-order valence-electron chi connectivity index (χ1n) is 8.27. The van der Waals surface area contributed by atoms with Crippen LogP contribution in [0.25, 0.3) is 0 Å². The lowest BCUT2D eigenvalue weighted by atomic mass is 10.1. The molecule has 1 fully saturated rings. The van der Waals surface area contributed by atoms with E-state index in [0.29, 0.717) is 24.7 Å². The van der Waals surface area contributed by atoms with Crippen LogP contribution in [0.4, 0.5) is 5.69 Å². The number of amides is 1. The van der Waals surface area contributed by atoms with Gasteiger partial charge in [0.2, 0.25) is 0 Å². The van der Waals surface area contributed by atoms with Crippen molar-refractivity contribution in [1.29, 1.82) is 0 Å². The topological polar surface area (TPSA) is 78.5 Å². The van der Waals surface area contributed by atoms with E-state index in [4.69, 9.17) is 11.6 Å². The second-order valence-corrected chi connectivity index (χ2v) is 8.33. The molecular formula is C18H20ClN3O3S. The highest BCUT2D eigenvalue weighted by Crippen LogP contribution is 2.25. The Labute approximate surface area is 158 Å². The molecule has 1 saturated heterocycles. The normalized spacial score (nSPS) is 17.8. The summed E-state index contributed by atoms with van der Waals surface area (Å²) in [6.07, 6.45) is 0. The van der Waals surface area contributed by atoms with E-state index >= 15 is 0 Å². The minimum atomic E-state index is -3.80.